The SMILES string of the molecule is COc1cc(OC)cc([C@@H](NC(=O)Nc2cccc(C)c2)c2nccn2C)c1. The van der Waals surface area contributed by atoms with E-state index in [1.165, 1.54) is 0 Å². The lowest BCUT2D eigenvalue weighted by molar-refractivity contribution is 0.249. The lowest BCUT2D eigenvalue weighted by Gasteiger charge is -2.21. The van der Waals surface area contributed by atoms with E-state index in [0.717, 1.165) is 16.8 Å². The molecule has 2 N–H and O–H groups in total. The summed E-state index contributed by atoms with van der Waals surface area (Å²) in [5.74, 6) is 1.96. The van der Waals surface area contributed by atoms with E-state index in [-0.39, 0.29) is 6.03 Å². The summed E-state index contributed by atoms with van der Waals surface area (Å²) in [5.41, 5.74) is 2.58. The summed E-state index contributed by atoms with van der Waals surface area (Å²) in [4.78, 5) is 17.1. The van der Waals surface area contributed by atoms with Gasteiger partial charge in [0.15, 0.2) is 0 Å². The van der Waals surface area contributed by atoms with Gasteiger partial charge in [0.1, 0.15) is 23.4 Å². The van der Waals surface area contributed by atoms with Crippen LogP contribution in [0.5, 0.6) is 11.5 Å². The Morgan fingerprint density at radius 3 is 2.39 bits per heavy atom. The van der Waals surface area contributed by atoms with Gasteiger partial charge in [0.25, 0.3) is 0 Å². The summed E-state index contributed by atoms with van der Waals surface area (Å²) in [5, 5.41) is 5.87. The van der Waals surface area contributed by atoms with Crippen LogP contribution in [-0.2, 0) is 7.05 Å². The number of carbonyl (C=O) groups is 1. The van der Waals surface area contributed by atoms with Crippen molar-refractivity contribution in [1.82, 2.24) is 14.9 Å². The maximum Gasteiger partial charge on any atom is 0.320 e. The van der Waals surface area contributed by atoms with Crippen molar-refractivity contribution < 1.29 is 14.3 Å². The Bertz CT molecular complexity index is 946. The molecule has 3 aromatic rings. The zero-order valence-electron chi connectivity index (χ0n) is 16.4. The first-order valence-corrected chi connectivity index (χ1v) is 8.84. The molecule has 2 aromatic carbocycles. The molecule has 0 aliphatic carbocycles. The van der Waals surface area contributed by atoms with Gasteiger partial charge in [-0.05, 0) is 42.3 Å². The zero-order valence-corrected chi connectivity index (χ0v) is 16.4. The van der Waals surface area contributed by atoms with E-state index in [4.69, 9.17) is 9.47 Å². The van der Waals surface area contributed by atoms with Gasteiger partial charge in [-0.2, -0.15) is 0 Å². The summed E-state index contributed by atoms with van der Waals surface area (Å²) in [7, 11) is 5.06. The number of nitrogens with zero attached hydrogens (tertiary/aromatic N) is 2. The predicted octanol–water partition coefficient (Wildman–Crippen LogP) is 3.66. The van der Waals surface area contributed by atoms with Gasteiger partial charge < -0.3 is 24.7 Å². The summed E-state index contributed by atoms with van der Waals surface area (Å²) in [6, 6.07) is 12.3. The third-order valence-corrected chi connectivity index (χ3v) is 4.38. The van der Waals surface area contributed by atoms with E-state index >= 15 is 0 Å². The van der Waals surface area contributed by atoms with Crippen molar-refractivity contribution in [3.8, 4) is 11.5 Å². The first-order chi connectivity index (χ1) is 13.5. The van der Waals surface area contributed by atoms with Crippen LogP contribution in [0.4, 0.5) is 10.5 Å². The summed E-state index contributed by atoms with van der Waals surface area (Å²) < 4.78 is 12.6. The van der Waals surface area contributed by atoms with E-state index in [2.05, 4.69) is 15.6 Å². The van der Waals surface area contributed by atoms with Crippen LogP contribution < -0.4 is 20.1 Å². The van der Waals surface area contributed by atoms with Gasteiger partial charge in [-0.3, -0.25) is 0 Å². The zero-order chi connectivity index (χ0) is 20.1. The fourth-order valence-corrected chi connectivity index (χ4v) is 2.97. The number of aryl methyl sites for hydroxylation is 2. The van der Waals surface area contributed by atoms with E-state index in [1.54, 1.807) is 26.5 Å². The summed E-state index contributed by atoms with van der Waals surface area (Å²) >= 11 is 0. The lowest BCUT2D eigenvalue weighted by Crippen LogP contribution is -2.34. The molecule has 0 spiro atoms. The number of carbonyl (C=O) groups excluding carboxylic acids is 1. The predicted molar refractivity (Wildman–Crippen MR) is 108 cm³/mol. The molecule has 2 amide bonds. The van der Waals surface area contributed by atoms with Crippen LogP contribution in [-0.4, -0.2) is 29.8 Å². The molecular weight excluding hydrogens is 356 g/mol. The molecule has 0 radical (unpaired) electrons. The third-order valence-electron chi connectivity index (χ3n) is 4.38. The number of imidazole rings is 1. The molecule has 3 rings (SSSR count). The highest BCUT2D eigenvalue weighted by molar-refractivity contribution is 5.89. The van der Waals surface area contributed by atoms with Gasteiger partial charge >= 0.3 is 6.03 Å². The largest absolute Gasteiger partial charge is 0.497 e. The molecule has 0 saturated heterocycles. The molecule has 7 nitrogen and oxygen atoms in total. The fourth-order valence-electron chi connectivity index (χ4n) is 2.97. The van der Waals surface area contributed by atoms with Crippen molar-refractivity contribution in [1.29, 1.82) is 0 Å². The number of urea groups is 1. The third kappa shape index (κ3) is 4.43. The number of ether oxygens (including phenoxy) is 2. The fraction of sp³-hybridized carbons (Fsp3) is 0.238. The monoisotopic (exact) mass is 380 g/mol. The van der Waals surface area contributed by atoms with Crippen molar-refractivity contribution in [2.24, 2.45) is 7.05 Å². The first kappa shape index (κ1) is 19.3. The topological polar surface area (TPSA) is 77.4 Å². The first-order valence-electron chi connectivity index (χ1n) is 8.84. The van der Waals surface area contributed by atoms with Gasteiger partial charge in [-0.25, -0.2) is 9.78 Å². The maximum absolute atomic E-state index is 12.7. The Hall–Kier alpha value is -3.48. The molecule has 1 heterocycles. The molecule has 28 heavy (non-hydrogen) atoms. The summed E-state index contributed by atoms with van der Waals surface area (Å²) in [6.45, 7) is 1.97. The minimum atomic E-state index is -0.492. The number of hydrogen-bond donors (Lipinski definition) is 2. The molecule has 1 aromatic heterocycles. The molecule has 0 saturated carbocycles. The van der Waals surface area contributed by atoms with Crippen LogP contribution in [0.15, 0.2) is 54.9 Å². The maximum atomic E-state index is 12.7. The Morgan fingerprint density at radius 1 is 1.11 bits per heavy atom. The van der Waals surface area contributed by atoms with Gasteiger partial charge in [-0.15, -0.1) is 0 Å². The molecule has 0 fully saturated rings. The Balaban J connectivity index is 1.92. The second-order valence-electron chi connectivity index (χ2n) is 6.44. The van der Waals surface area contributed by atoms with Crippen LogP contribution in [0.3, 0.4) is 0 Å². The highest BCUT2D eigenvalue weighted by atomic mass is 16.5. The van der Waals surface area contributed by atoms with Crippen LogP contribution in [0.25, 0.3) is 0 Å². The van der Waals surface area contributed by atoms with Crippen LogP contribution >= 0.6 is 0 Å². The average Bonchev–Trinajstić information content (AvgIpc) is 3.11. The molecule has 0 aliphatic rings. The van der Waals surface area contributed by atoms with E-state index in [1.807, 2.05) is 61.1 Å². The Labute approximate surface area is 164 Å². The van der Waals surface area contributed by atoms with Crippen molar-refractivity contribution in [3.63, 3.8) is 0 Å². The number of rotatable bonds is 6. The van der Waals surface area contributed by atoms with E-state index < -0.39 is 6.04 Å². The molecule has 7 heteroatoms. The highest BCUT2D eigenvalue weighted by Gasteiger charge is 2.22. The number of nitrogens with one attached hydrogen (secondary N) is 2. The van der Waals surface area contributed by atoms with Gasteiger partial charge in [0.2, 0.25) is 0 Å². The van der Waals surface area contributed by atoms with Crippen molar-refractivity contribution >= 4 is 11.7 Å². The second-order valence-corrected chi connectivity index (χ2v) is 6.44. The number of aromatic nitrogens is 2. The number of methoxy groups -OCH3 is 2. The van der Waals surface area contributed by atoms with E-state index in [0.29, 0.717) is 17.3 Å². The van der Waals surface area contributed by atoms with Crippen molar-refractivity contribution in [2.45, 2.75) is 13.0 Å². The van der Waals surface area contributed by atoms with Crippen LogP contribution in [0.1, 0.15) is 23.0 Å². The summed E-state index contributed by atoms with van der Waals surface area (Å²) in [6.07, 6.45) is 3.53. The molecule has 0 bridgehead atoms. The standard InChI is InChI=1S/C21H24N4O3/c1-14-6-5-7-16(10-14)23-21(26)24-19(20-22-8-9-25(20)2)15-11-17(27-3)13-18(12-15)28-4/h5-13,19H,1-4H3,(H2,23,24,26)/t19-/m1/s1. The van der Waals surface area contributed by atoms with E-state index in [9.17, 15) is 4.79 Å². The highest BCUT2D eigenvalue weighted by Crippen LogP contribution is 2.29. The van der Waals surface area contributed by atoms with Crippen LogP contribution in [0, 0.1) is 6.92 Å². The number of hydrogen-bond acceptors (Lipinski definition) is 4. The Kier molecular flexibility index (Phi) is 5.84. The minimum absolute atomic E-state index is 0.333. The van der Waals surface area contributed by atoms with Crippen molar-refractivity contribution in [2.75, 3.05) is 19.5 Å². The minimum Gasteiger partial charge on any atom is -0.497 e. The quantitative estimate of drug-likeness (QED) is 0.684. The van der Waals surface area contributed by atoms with Gasteiger partial charge in [0, 0.05) is 31.2 Å². The van der Waals surface area contributed by atoms with Crippen LogP contribution in [0.2, 0.25) is 0 Å². The lowest BCUT2D eigenvalue weighted by atomic mass is 10.1. The number of benzene rings is 2. The molecule has 146 valence electrons. The second kappa shape index (κ2) is 8.47. The Morgan fingerprint density at radius 2 is 1.82 bits per heavy atom. The molecule has 1 atom stereocenters. The van der Waals surface area contributed by atoms with Gasteiger partial charge in [0.05, 0.1) is 14.2 Å². The molecule has 0 aliphatic heterocycles. The number of amides is 2. The molecular formula is C21H24N4O3. The number of anilines is 1. The smallest absolute Gasteiger partial charge is 0.320 e. The average molecular weight is 380 g/mol. The normalized spacial score (nSPS) is 11.6. The van der Waals surface area contributed by atoms with Crippen molar-refractivity contribution in [3.05, 3.63) is 71.8 Å². The molecule has 0 unspecified atom stereocenters. The van der Waals surface area contributed by atoms with Gasteiger partial charge in [-0.1, -0.05) is 12.1 Å².